The Morgan fingerprint density at radius 3 is 0.963 bits per heavy atom. The van der Waals surface area contributed by atoms with Crippen molar-refractivity contribution in [3.8, 4) is 0 Å². The van der Waals surface area contributed by atoms with Gasteiger partial charge in [-0.25, -0.2) is 9.59 Å². The van der Waals surface area contributed by atoms with E-state index in [1.165, 1.54) is 0 Å². The smallest absolute Gasteiger partial charge is 0.340 e. The first-order valence-electron chi connectivity index (χ1n) is 6.66. The molecular formula is C12H20CaO14. The first kappa shape index (κ1) is 30.9. The molecule has 0 fully saturated rings. The Labute approximate surface area is 180 Å². The molecule has 0 aliphatic carbocycles. The van der Waals surface area contributed by atoms with Crippen molar-refractivity contribution < 1.29 is 70.2 Å². The number of hydrogen-bond donors (Lipinski definition) is 10. The van der Waals surface area contributed by atoms with Crippen LogP contribution < -0.4 is 0 Å². The Hall–Kier alpha value is -0.780. The van der Waals surface area contributed by atoms with Crippen LogP contribution in [0.5, 0.6) is 0 Å². The molecule has 6 atom stereocenters. The zero-order valence-corrected chi connectivity index (χ0v) is 15.9. The first-order valence-corrected chi connectivity index (χ1v) is 6.66. The van der Waals surface area contributed by atoms with Gasteiger partial charge in [0.25, 0.3) is 0 Å². The van der Waals surface area contributed by atoms with Gasteiger partial charge in [-0.05, 0) is 0 Å². The number of aliphatic hydroxyl groups is 8. The predicted octanol–water partition coefficient (Wildman–Crippen LogP) is -6.95. The van der Waals surface area contributed by atoms with Gasteiger partial charge in [0.15, 0.2) is 0 Å². The first-order chi connectivity index (χ1) is 11.8. The fourth-order valence-corrected chi connectivity index (χ4v) is 1.15. The summed E-state index contributed by atoms with van der Waals surface area (Å²) in [6, 6.07) is 0. The monoisotopic (exact) mass is 428 g/mol. The number of ketones is 2. The molecule has 15 heteroatoms. The van der Waals surface area contributed by atoms with Gasteiger partial charge in [0.2, 0.25) is 23.8 Å². The molecule has 0 aromatic heterocycles. The van der Waals surface area contributed by atoms with Crippen molar-refractivity contribution in [2.24, 2.45) is 0 Å². The quantitative estimate of drug-likeness (QED) is 0.114. The number of hydrogen-bond acceptors (Lipinski definition) is 12. The van der Waals surface area contributed by atoms with E-state index in [0.29, 0.717) is 0 Å². The molecule has 2 radical (unpaired) electrons. The number of carbonyl (C=O) groups is 4. The van der Waals surface area contributed by atoms with Crippen molar-refractivity contribution in [2.75, 3.05) is 13.2 Å². The normalized spacial score (nSPS) is 16.9. The minimum absolute atomic E-state index is 0. The van der Waals surface area contributed by atoms with Crippen LogP contribution in [0.4, 0.5) is 0 Å². The molecule has 0 bridgehead atoms. The maximum Gasteiger partial charge on any atom is 0.340 e. The summed E-state index contributed by atoms with van der Waals surface area (Å²) in [5.41, 5.74) is 0. The van der Waals surface area contributed by atoms with Gasteiger partial charge < -0.3 is 51.1 Å². The second-order valence-electron chi connectivity index (χ2n) is 4.68. The molecule has 154 valence electrons. The molecule has 0 saturated carbocycles. The van der Waals surface area contributed by atoms with Crippen LogP contribution >= 0.6 is 0 Å². The van der Waals surface area contributed by atoms with Crippen molar-refractivity contribution in [2.45, 2.75) is 36.6 Å². The van der Waals surface area contributed by atoms with E-state index in [1.807, 2.05) is 0 Å². The molecule has 0 aliphatic heterocycles. The maximum absolute atomic E-state index is 10.7. The van der Waals surface area contributed by atoms with E-state index in [-0.39, 0.29) is 37.7 Å². The van der Waals surface area contributed by atoms with E-state index >= 15 is 0 Å². The van der Waals surface area contributed by atoms with Crippen LogP contribution in [-0.4, -0.2) is 162 Å². The van der Waals surface area contributed by atoms with Crippen LogP contribution in [0.1, 0.15) is 0 Å². The molecule has 0 aliphatic rings. The Balaban J connectivity index is -0.000000411. The second-order valence-corrected chi connectivity index (χ2v) is 4.68. The van der Waals surface area contributed by atoms with E-state index in [1.54, 1.807) is 0 Å². The zero-order chi connectivity index (χ0) is 21.2. The molecule has 0 amide bonds. The minimum atomic E-state index is -2.39. The zero-order valence-electron chi connectivity index (χ0n) is 13.7. The van der Waals surface area contributed by atoms with Gasteiger partial charge in [-0.15, -0.1) is 0 Å². The van der Waals surface area contributed by atoms with Crippen LogP contribution in [0.3, 0.4) is 0 Å². The average Bonchev–Trinajstić information content (AvgIpc) is 2.62. The number of aliphatic carboxylic acids is 2. The van der Waals surface area contributed by atoms with Gasteiger partial charge in [-0.3, -0.25) is 9.59 Å². The number of aliphatic hydroxyl groups excluding tert-OH is 8. The van der Waals surface area contributed by atoms with Gasteiger partial charge >= 0.3 is 11.9 Å². The summed E-state index contributed by atoms with van der Waals surface area (Å²) in [4.78, 5) is 41.5. The fraction of sp³-hybridized carbons (Fsp3) is 0.667. The van der Waals surface area contributed by atoms with Crippen molar-refractivity contribution in [1.29, 1.82) is 0 Å². The molecule has 0 aromatic carbocycles. The summed E-state index contributed by atoms with van der Waals surface area (Å²) in [6.07, 6.45) is -12.6. The summed E-state index contributed by atoms with van der Waals surface area (Å²) in [5.74, 6) is -6.58. The third-order valence-electron chi connectivity index (χ3n) is 2.69. The summed E-state index contributed by atoms with van der Waals surface area (Å²) < 4.78 is 0. The minimum Gasteiger partial charge on any atom is -0.479 e. The molecule has 27 heavy (non-hydrogen) atoms. The Morgan fingerprint density at radius 2 is 0.815 bits per heavy atom. The van der Waals surface area contributed by atoms with E-state index < -0.39 is 73.3 Å². The number of Topliss-reactive ketones (excluding diaryl/α,β-unsaturated/α-hetero) is 2. The predicted molar refractivity (Wildman–Crippen MR) is 81.3 cm³/mol. The van der Waals surface area contributed by atoms with Crippen LogP contribution in [0.2, 0.25) is 0 Å². The van der Waals surface area contributed by atoms with Gasteiger partial charge in [0.05, 0.1) is 13.2 Å². The van der Waals surface area contributed by atoms with Gasteiger partial charge in [-0.2, -0.15) is 0 Å². The summed E-state index contributed by atoms with van der Waals surface area (Å²) in [7, 11) is 0. The van der Waals surface area contributed by atoms with Crippen LogP contribution in [0, 0.1) is 0 Å². The molecule has 0 saturated heterocycles. The van der Waals surface area contributed by atoms with Crippen molar-refractivity contribution in [1.82, 2.24) is 0 Å². The SMILES string of the molecule is O=C(O)[C@H](O)C(=O)[C@H](O)[C@H](O)CO.O=C(O)[C@H](O)C(=O)[C@H](O)[C@H](O)CO.[Ca]. The summed E-state index contributed by atoms with van der Waals surface area (Å²) in [5, 5.41) is 85.1. The van der Waals surface area contributed by atoms with Crippen molar-refractivity contribution >= 4 is 61.2 Å². The number of carboxylic acids is 2. The van der Waals surface area contributed by atoms with E-state index in [4.69, 9.17) is 51.1 Å². The summed E-state index contributed by atoms with van der Waals surface area (Å²) in [6.45, 7) is -1.81. The third kappa shape index (κ3) is 11.0. The Morgan fingerprint density at radius 1 is 0.593 bits per heavy atom. The molecule has 0 rings (SSSR count). The maximum atomic E-state index is 10.7. The van der Waals surface area contributed by atoms with E-state index in [2.05, 4.69) is 0 Å². The fourth-order valence-electron chi connectivity index (χ4n) is 1.15. The van der Waals surface area contributed by atoms with Crippen LogP contribution in [0.15, 0.2) is 0 Å². The standard InChI is InChI=1S/2C6H10O7.Ca/c2*7-1-2(8)3(9)4(10)5(11)6(12)13;/h2*2-3,5,7-9,11H,1H2,(H,12,13);/t2*2-,3-,5-;/m11./s1. The van der Waals surface area contributed by atoms with Gasteiger partial charge in [0, 0.05) is 37.7 Å². The molecule has 10 N–H and O–H groups in total. The molecular weight excluding hydrogens is 408 g/mol. The Kier molecular flexibility index (Phi) is 17.4. The summed E-state index contributed by atoms with van der Waals surface area (Å²) >= 11 is 0. The molecule has 0 aromatic rings. The van der Waals surface area contributed by atoms with E-state index in [0.717, 1.165) is 0 Å². The molecule has 14 nitrogen and oxygen atoms in total. The largest absolute Gasteiger partial charge is 0.479 e. The molecule has 0 unspecified atom stereocenters. The van der Waals surface area contributed by atoms with Crippen LogP contribution in [-0.2, 0) is 19.2 Å². The van der Waals surface area contributed by atoms with Gasteiger partial charge in [-0.1, -0.05) is 0 Å². The van der Waals surface area contributed by atoms with Crippen molar-refractivity contribution in [3.63, 3.8) is 0 Å². The van der Waals surface area contributed by atoms with Crippen LogP contribution in [0.25, 0.3) is 0 Å². The van der Waals surface area contributed by atoms with E-state index in [9.17, 15) is 19.2 Å². The third-order valence-corrected chi connectivity index (χ3v) is 2.69. The average molecular weight is 428 g/mol. The number of rotatable bonds is 10. The van der Waals surface area contributed by atoms with Crippen molar-refractivity contribution in [3.05, 3.63) is 0 Å². The van der Waals surface area contributed by atoms with Gasteiger partial charge in [0.1, 0.15) is 24.4 Å². The second kappa shape index (κ2) is 15.2. The number of carbonyl (C=O) groups excluding carboxylic acids is 2. The molecule has 0 heterocycles. The molecule has 0 spiro atoms. The topological polar surface area (TPSA) is 271 Å². The Bertz CT molecular complexity index is 452. The number of carboxylic acid groups (broad SMARTS) is 2.